The molecule has 1 saturated heterocycles. The fourth-order valence-electron chi connectivity index (χ4n) is 4.27. The van der Waals surface area contributed by atoms with Crippen LogP contribution in [0.15, 0.2) is 48.5 Å². The molecule has 0 spiro atoms. The van der Waals surface area contributed by atoms with Crippen molar-refractivity contribution in [1.82, 2.24) is 0 Å². The molecule has 162 valence electrons. The van der Waals surface area contributed by atoms with E-state index in [1.165, 1.54) is 55.1 Å². The highest BCUT2D eigenvalue weighted by Gasteiger charge is 2.33. The molecule has 2 aromatic rings. The molecular formula is C23H27F3O3Si. The second-order valence-corrected chi connectivity index (χ2v) is 13.5. The standard InChI is InChI=1S/C23H27F3O3Si/c1-3-14-30(2)15-12-18(13-16-30)17-4-8-20(9-5-17)28-22(27)19-6-10-21(11-7-19)29-23(24,25)26/h4-11,18H,3,12-16H2,1-2H3. The van der Waals surface area contributed by atoms with E-state index in [4.69, 9.17) is 4.74 Å². The lowest BCUT2D eigenvalue weighted by Crippen LogP contribution is -2.33. The van der Waals surface area contributed by atoms with Crippen molar-refractivity contribution in [3.8, 4) is 11.5 Å². The minimum atomic E-state index is -4.76. The van der Waals surface area contributed by atoms with Crippen LogP contribution in [0.2, 0.25) is 24.7 Å². The highest BCUT2D eigenvalue weighted by Crippen LogP contribution is 2.40. The number of alkyl halides is 3. The number of rotatable bonds is 6. The normalized spacial score (nSPS) is 21.8. The molecule has 1 aliphatic heterocycles. The molecule has 0 atom stereocenters. The summed E-state index contributed by atoms with van der Waals surface area (Å²) in [7, 11) is -1.04. The average molecular weight is 437 g/mol. The van der Waals surface area contributed by atoms with Gasteiger partial charge in [-0.1, -0.05) is 50.2 Å². The molecule has 0 saturated carbocycles. The van der Waals surface area contributed by atoms with Crippen molar-refractivity contribution >= 4 is 14.0 Å². The third-order valence-corrected chi connectivity index (χ3v) is 10.6. The summed E-state index contributed by atoms with van der Waals surface area (Å²) in [6.45, 7) is 4.80. The van der Waals surface area contributed by atoms with Crippen molar-refractivity contribution in [3.05, 3.63) is 59.7 Å². The minimum Gasteiger partial charge on any atom is -0.423 e. The molecule has 3 rings (SSSR count). The van der Waals surface area contributed by atoms with Crippen LogP contribution in [-0.4, -0.2) is 20.4 Å². The number of benzene rings is 2. The molecule has 0 N–H and O–H groups in total. The summed E-state index contributed by atoms with van der Waals surface area (Å²) in [6.07, 6.45) is -1.02. The van der Waals surface area contributed by atoms with E-state index in [0.717, 1.165) is 12.1 Å². The zero-order valence-corrected chi connectivity index (χ0v) is 18.3. The van der Waals surface area contributed by atoms with Gasteiger partial charge in [0.2, 0.25) is 0 Å². The first kappa shape index (κ1) is 22.4. The molecule has 1 heterocycles. The smallest absolute Gasteiger partial charge is 0.423 e. The van der Waals surface area contributed by atoms with Gasteiger partial charge in [0.05, 0.1) is 13.6 Å². The molecule has 7 heteroatoms. The van der Waals surface area contributed by atoms with Crippen molar-refractivity contribution in [1.29, 1.82) is 0 Å². The summed E-state index contributed by atoms with van der Waals surface area (Å²) in [6, 6.07) is 16.4. The predicted octanol–water partition coefficient (Wildman–Crippen LogP) is 7.17. The van der Waals surface area contributed by atoms with Gasteiger partial charge >= 0.3 is 12.3 Å². The molecule has 0 amide bonds. The van der Waals surface area contributed by atoms with Crippen molar-refractivity contribution in [2.24, 2.45) is 0 Å². The van der Waals surface area contributed by atoms with Crippen LogP contribution < -0.4 is 9.47 Å². The number of hydrogen-bond acceptors (Lipinski definition) is 3. The van der Waals surface area contributed by atoms with Crippen LogP contribution in [0.4, 0.5) is 13.2 Å². The lowest BCUT2D eigenvalue weighted by atomic mass is 9.93. The lowest BCUT2D eigenvalue weighted by Gasteiger charge is -2.36. The van der Waals surface area contributed by atoms with E-state index < -0.39 is 20.4 Å². The van der Waals surface area contributed by atoms with E-state index in [2.05, 4.69) is 18.2 Å². The molecular weight excluding hydrogens is 409 g/mol. The van der Waals surface area contributed by atoms with Crippen LogP contribution >= 0.6 is 0 Å². The Morgan fingerprint density at radius 2 is 1.57 bits per heavy atom. The number of carbonyl (C=O) groups excluding carboxylic acids is 1. The zero-order chi connectivity index (χ0) is 21.8. The fourth-order valence-corrected chi connectivity index (χ4v) is 8.32. The van der Waals surface area contributed by atoms with Crippen LogP contribution in [0.25, 0.3) is 0 Å². The van der Waals surface area contributed by atoms with Crippen molar-refractivity contribution in [2.75, 3.05) is 0 Å². The molecule has 3 nitrogen and oxygen atoms in total. The van der Waals surface area contributed by atoms with E-state index in [1.807, 2.05) is 12.1 Å². The Morgan fingerprint density at radius 3 is 2.10 bits per heavy atom. The summed E-state index contributed by atoms with van der Waals surface area (Å²) >= 11 is 0. The first-order chi connectivity index (χ1) is 14.2. The largest absolute Gasteiger partial charge is 0.573 e. The second kappa shape index (κ2) is 9.25. The number of esters is 1. The lowest BCUT2D eigenvalue weighted by molar-refractivity contribution is -0.274. The Hall–Kier alpha value is -2.28. The van der Waals surface area contributed by atoms with Gasteiger partial charge in [0, 0.05) is 0 Å². The zero-order valence-electron chi connectivity index (χ0n) is 17.3. The van der Waals surface area contributed by atoms with Crippen LogP contribution in [0, 0.1) is 0 Å². The van der Waals surface area contributed by atoms with Gasteiger partial charge in [-0.3, -0.25) is 0 Å². The van der Waals surface area contributed by atoms with Gasteiger partial charge in [-0.05, 0) is 60.7 Å². The molecule has 1 fully saturated rings. The maximum Gasteiger partial charge on any atom is 0.573 e. The third kappa shape index (κ3) is 6.11. The number of halogens is 3. The van der Waals surface area contributed by atoms with Gasteiger partial charge in [0.15, 0.2) is 0 Å². The molecule has 1 aliphatic rings. The van der Waals surface area contributed by atoms with E-state index in [1.54, 1.807) is 12.1 Å². The van der Waals surface area contributed by atoms with Crippen LogP contribution in [-0.2, 0) is 0 Å². The number of hydrogen-bond donors (Lipinski definition) is 0. The highest BCUT2D eigenvalue weighted by atomic mass is 28.3. The Kier molecular flexibility index (Phi) is 6.90. The van der Waals surface area contributed by atoms with Crippen molar-refractivity contribution in [2.45, 2.75) is 63.1 Å². The van der Waals surface area contributed by atoms with Gasteiger partial charge in [-0.15, -0.1) is 13.2 Å². The van der Waals surface area contributed by atoms with Crippen molar-refractivity contribution < 1.29 is 27.4 Å². The first-order valence-corrected chi connectivity index (χ1v) is 13.5. The van der Waals surface area contributed by atoms with E-state index in [-0.39, 0.29) is 11.3 Å². The van der Waals surface area contributed by atoms with Gasteiger partial charge in [0.1, 0.15) is 11.5 Å². The molecule has 0 unspecified atom stereocenters. The second-order valence-electron chi connectivity index (χ2n) is 8.37. The Labute approximate surface area is 176 Å². The summed E-state index contributed by atoms with van der Waals surface area (Å²) in [5, 5.41) is 0. The summed E-state index contributed by atoms with van der Waals surface area (Å²) in [5.41, 5.74) is 1.43. The fraction of sp³-hybridized carbons (Fsp3) is 0.435. The van der Waals surface area contributed by atoms with E-state index in [9.17, 15) is 18.0 Å². The summed E-state index contributed by atoms with van der Waals surface area (Å²) in [4.78, 5) is 12.2. The van der Waals surface area contributed by atoms with Gasteiger partial charge in [-0.25, -0.2) is 4.79 Å². The Bertz CT molecular complexity index is 839. The Balaban J connectivity index is 1.56. The highest BCUT2D eigenvalue weighted by molar-refractivity contribution is 6.78. The molecule has 0 radical (unpaired) electrons. The quantitative estimate of drug-likeness (QED) is 0.273. The number of carbonyl (C=O) groups is 1. The maximum absolute atomic E-state index is 12.2. The predicted molar refractivity (Wildman–Crippen MR) is 113 cm³/mol. The van der Waals surface area contributed by atoms with Crippen molar-refractivity contribution in [3.63, 3.8) is 0 Å². The van der Waals surface area contributed by atoms with E-state index >= 15 is 0 Å². The third-order valence-electron chi connectivity index (χ3n) is 5.93. The first-order valence-electron chi connectivity index (χ1n) is 10.4. The number of ether oxygens (including phenoxy) is 2. The molecule has 0 aliphatic carbocycles. The monoisotopic (exact) mass is 436 g/mol. The van der Waals surface area contributed by atoms with Crippen LogP contribution in [0.3, 0.4) is 0 Å². The van der Waals surface area contributed by atoms with Gasteiger partial charge < -0.3 is 9.47 Å². The van der Waals surface area contributed by atoms with Gasteiger partial charge in [0.25, 0.3) is 0 Å². The molecule has 0 bridgehead atoms. The summed E-state index contributed by atoms with van der Waals surface area (Å²) < 4.78 is 45.8. The SMILES string of the molecule is CCC[Si]1(C)CCC(c2ccc(OC(=O)c3ccc(OC(F)(F)F)cc3)cc2)CC1. The van der Waals surface area contributed by atoms with Crippen LogP contribution in [0.5, 0.6) is 11.5 Å². The maximum atomic E-state index is 12.2. The van der Waals surface area contributed by atoms with Crippen LogP contribution in [0.1, 0.15) is 48.0 Å². The van der Waals surface area contributed by atoms with Gasteiger partial charge in [-0.2, -0.15) is 0 Å². The average Bonchev–Trinajstić information content (AvgIpc) is 2.69. The molecule has 2 aromatic carbocycles. The van der Waals surface area contributed by atoms with E-state index in [0.29, 0.717) is 11.7 Å². The summed E-state index contributed by atoms with van der Waals surface area (Å²) in [5.74, 6) is -0.0250. The molecule has 0 aromatic heterocycles. The Morgan fingerprint density at radius 1 is 1.00 bits per heavy atom. The minimum absolute atomic E-state index is 0.154. The topological polar surface area (TPSA) is 35.5 Å². The molecule has 30 heavy (non-hydrogen) atoms.